The Bertz CT molecular complexity index is 508. The number of carbonyl (C=O) groups excluding carboxylic acids is 2. The van der Waals surface area contributed by atoms with Crippen LogP contribution in [0.1, 0.15) is 20.3 Å². The lowest BCUT2D eigenvalue weighted by Gasteiger charge is -2.23. The summed E-state index contributed by atoms with van der Waals surface area (Å²) in [5.41, 5.74) is 0. The molecule has 0 aromatic heterocycles. The topological polar surface area (TPSA) is 70.7 Å². The van der Waals surface area contributed by atoms with Crippen LogP contribution >= 0.6 is 0 Å². The third-order valence-corrected chi connectivity index (χ3v) is 3.35. The first kappa shape index (κ1) is 18.9. The summed E-state index contributed by atoms with van der Waals surface area (Å²) in [6.07, 6.45) is 0.701. The molecule has 128 valence electrons. The van der Waals surface area contributed by atoms with Gasteiger partial charge in [0.2, 0.25) is 5.91 Å². The Morgan fingerprint density at radius 2 is 1.96 bits per heavy atom. The summed E-state index contributed by atoms with van der Waals surface area (Å²) in [5, 5.41) is 4.79. The third-order valence-electron chi connectivity index (χ3n) is 3.35. The van der Waals surface area contributed by atoms with Gasteiger partial charge in [-0.05, 0) is 51.6 Å². The van der Waals surface area contributed by atoms with Gasteiger partial charge < -0.3 is 10.1 Å². The summed E-state index contributed by atoms with van der Waals surface area (Å²) >= 11 is 0. The molecule has 0 heterocycles. The minimum Gasteiger partial charge on any atom is -0.494 e. The molecule has 1 atom stereocenters. The Balaban J connectivity index is 2.26. The number of nitrogens with one attached hydrogen (secondary N) is 2. The van der Waals surface area contributed by atoms with Crippen LogP contribution < -0.4 is 15.4 Å². The first-order valence-electron chi connectivity index (χ1n) is 7.61. The second-order valence-corrected chi connectivity index (χ2v) is 5.16. The van der Waals surface area contributed by atoms with Crippen molar-refractivity contribution in [2.45, 2.75) is 26.3 Å². The van der Waals surface area contributed by atoms with Crippen LogP contribution in [0.2, 0.25) is 0 Å². The molecule has 0 aliphatic heterocycles. The molecule has 0 unspecified atom stereocenters. The molecule has 0 aliphatic rings. The average molecular weight is 325 g/mol. The molecular weight excluding hydrogens is 301 g/mol. The minimum absolute atomic E-state index is 0.302. The van der Waals surface area contributed by atoms with Gasteiger partial charge in [-0.3, -0.25) is 15.0 Å². The molecule has 2 N–H and O–H groups in total. The molecule has 0 aliphatic carbocycles. The van der Waals surface area contributed by atoms with Crippen LogP contribution in [0.25, 0.3) is 0 Å². The third kappa shape index (κ3) is 7.10. The van der Waals surface area contributed by atoms with Crippen LogP contribution in [0.5, 0.6) is 5.75 Å². The van der Waals surface area contributed by atoms with Crippen molar-refractivity contribution in [2.24, 2.45) is 0 Å². The summed E-state index contributed by atoms with van der Waals surface area (Å²) in [5.74, 6) is -0.0435. The second-order valence-electron chi connectivity index (χ2n) is 5.16. The zero-order valence-corrected chi connectivity index (χ0v) is 13.8. The van der Waals surface area contributed by atoms with Crippen LogP contribution in [0, 0.1) is 5.82 Å². The fourth-order valence-corrected chi connectivity index (χ4v) is 1.85. The zero-order chi connectivity index (χ0) is 17.2. The van der Waals surface area contributed by atoms with Crippen molar-refractivity contribution in [1.82, 2.24) is 15.5 Å². The molecule has 6 nitrogen and oxygen atoms in total. The predicted molar refractivity (Wildman–Crippen MR) is 85.8 cm³/mol. The minimum atomic E-state index is -0.489. The number of urea groups is 1. The van der Waals surface area contributed by atoms with Crippen molar-refractivity contribution in [3.05, 3.63) is 30.1 Å². The number of halogens is 1. The van der Waals surface area contributed by atoms with Crippen molar-refractivity contribution in [3.63, 3.8) is 0 Å². The van der Waals surface area contributed by atoms with Crippen molar-refractivity contribution < 1.29 is 18.7 Å². The van der Waals surface area contributed by atoms with E-state index in [1.807, 2.05) is 4.90 Å². The van der Waals surface area contributed by atoms with Crippen LogP contribution in [0.15, 0.2) is 24.3 Å². The molecule has 0 spiro atoms. The Kier molecular flexibility index (Phi) is 8.04. The first-order chi connectivity index (χ1) is 10.9. The summed E-state index contributed by atoms with van der Waals surface area (Å²) in [6.45, 7) is 5.06. The number of ether oxygens (including phenoxy) is 1. The summed E-state index contributed by atoms with van der Waals surface area (Å²) in [7, 11) is 1.81. The smallest absolute Gasteiger partial charge is 0.321 e. The summed E-state index contributed by atoms with van der Waals surface area (Å²) < 4.78 is 18.2. The maximum atomic E-state index is 12.8. The van der Waals surface area contributed by atoms with Crippen LogP contribution in [-0.2, 0) is 4.79 Å². The SMILES string of the molecule is CCNC(=O)NC(=O)[C@@H](C)N(C)CCCOc1ccc(F)cc1. The highest BCUT2D eigenvalue weighted by atomic mass is 19.1. The predicted octanol–water partition coefficient (Wildman–Crippen LogP) is 1.76. The van der Waals surface area contributed by atoms with Crippen LogP contribution in [0.4, 0.5) is 9.18 Å². The molecule has 23 heavy (non-hydrogen) atoms. The van der Waals surface area contributed by atoms with Gasteiger partial charge >= 0.3 is 6.03 Å². The molecule has 0 bridgehead atoms. The second kappa shape index (κ2) is 9.78. The van der Waals surface area contributed by atoms with E-state index in [1.165, 1.54) is 12.1 Å². The first-order valence-corrected chi connectivity index (χ1v) is 7.61. The lowest BCUT2D eigenvalue weighted by molar-refractivity contribution is -0.124. The van der Waals surface area contributed by atoms with Gasteiger partial charge in [0, 0.05) is 13.1 Å². The molecule has 1 rings (SSSR count). The van der Waals surface area contributed by atoms with Crippen molar-refractivity contribution in [3.8, 4) is 5.75 Å². The molecule has 1 aromatic carbocycles. The number of rotatable bonds is 8. The van der Waals surface area contributed by atoms with E-state index in [9.17, 15) is 14.0 Å². The molecule has 7 heteroatoms. The van der Waals surface area contributed by atoms with Gasteiger partial charge in [-0.25, -0.2) is 9.18 Å². The highest BCUT2D eigenvalue weighted by Gasteiger charge is 2.19. The lowest BCUT2D eigenvalue weighted by atomic mass is 10.2. The Morgan fingerprint density at radius 1 is 1.30 bits per heavy atom. The van der Waals surface area contributed by atoms with Gasteiger partial charge in [0.05, 0.1) is 12.6 Å². The number of hydrogen-bond acceptors (Lipinski definition) is 4. The van der Waals surface area contributed by atoms with Gasteiger partial charge in [-0.1, -0.05) is 0 Å². The lowest BCUT2D eigenvalue weighted by Crippen LogP contribution is -2.48. The van der Waals surface area contributed by atoms with Crippen LogP contribution in [-0.4, -0.2) is 49.6 Å². The number of hydrogen-bond donors (Lipinski definition) is 2. The molecule has 1 aromatic rings. The highest BCUT2D eigenvalue weighted by molar-refractivity contribution is 5.96. The summed E-state index contributed by atoms with van der Waals surface area (Å²) in [6, 6.07) is 4.91. The van der Waals surface area contributed by atoms with E-state index in [4.69, 9.17) is 4.74 Å². The van der Waals surface area contributed by atoms with E-state index in [-0.39, 0.29) is 11.7 Å². The maximum Gasteiger partial charge on any atom is 0.321 e. The van der Waals surface area contributed by atoms with Gasteiger partial charge in [0.15, 0.2) is 0 Å². The maximum absolute atomic E-state index is 12.8. The molecule has 0 saturated heterocycles. The van der Waals surface area contributed by atoms with Crippen molar-refractivity contribution in [1.29, 1.82) is 0 Å². The van der Waals surface area contributed by atoms with Gasteiger partial charge in [-0.15, -0.1) is 0 Å². The zero-order valence-electron chi connectivity index (χ0n) is 13.8. The standard InChI is InChI=1S/C16H24FN3O3/c1-4-18-16(22)19-15(21)12(2)20(3)10-5-11-23-14-8-6-13(17)7-9-14/h6-9,12H,4-5,10-11H2,1-3H3,(H2,18,19,21,22)/t12-/m1/s1. The van der Waals surface area contributed by atoms with E-state index in [2.05, 4.69) is 10.6 Å². The number of carbonyl (C=O) groups is 2. The van der Waals surface area contributed by atoms with E-state index >= 15 is 0 Å². The number of amides is 3. The average Bonchev–Trinajstić information content (AvgIpc) is 2.52. The number of imide groups is 1. The Hall–Kier alpha value is -2.15. The Morgan fingerprint density at radius 3 is 2.57 bits per heavy atom. The molecule has 0 radical (unpaired) electrons. The molecule has 3 amide bonds. The number of likely N-dealkylation sites (N-methyl/N-ethyl adjacent to an activating group) is 1. The van der Waals surface area contributed by atoms with E-state index in [0.29, 0.717) is 31.9 Å². The highest BCUT2D eigenvalue weighted by Crippen LogP contribution is 2.11. The number of benzene rings is 1. The fourth-order valence-electron chi connectivity index (χ4n) is 1.85. The van der Waals surface area contributed by atoms with Crippen molar-refractivity contribution in [2.75, 3.05) is 26.7 Å². The largest absolute Gasteiger partial charge is 0.494 e. The quantitative estimate of drug-likeness (QED) is 0.715. The van der Waals surface area contributed by atoms with E-state index in [0.717, 1.165) is 0 Å². The summed E-state index contributed by atoms with van der Waals surface area (Å²) in [4.78, 5) is 25.0. The fraction of sp³-hybridized carbons (Fsp3) is 0.500. The van der Waals surface area contributed by atoms with Crippen molar-refractivity contribution >= 4 is 11.9 Å². The van der Waals surface area contributed by atoms with Gasteiger partial charge in [0.1, 0.15) is 11.6 Å². The molecule has 0 fully saturated rings. The van der Waals surface area contributed by atoms with E-state index in [1.54, 1.807) is 33.0 Å². The van der Waals surface area contributed by atoms with Gasteiger partial charge in [-0.2, -0.15) is 0 Å². The van der Waals surface area contributed by atoms with Gasteiger partial charge in [0.25, 0.3) is 0 Å². The molecular formula is C16H24FN3O3. The molecule has 0 saturated carbocycles. The monoisotopic (exact) mass is 325 g/mol. The number of nitrogens with zero attached hydrogens (tertiary/aromatic N) is 1. The van der Waals surface area contributed by atoms with Crippen LogP contribution in [0.3, 0.4) is 0 Å². The van der Waals surface area contributed by atoms with E-state index < -0.39 is 12.1 Å². The normalized spacial score (nSPS) is 11.9. The Labute approximate surface area is 136 Å².